The Labute approximate surface area is 101 Å². The molecule has 1 saturated carbocycles. The van der Waals surface area contributed by atoms with Crippen molar-refractivity contribution >= 4 is 31.9 Å². The first-order valence-corrected chi connectivity index (χ1v) is 6.45. The first-order valence-electron chi connectivity index (χ1n) is 4.75. The molecule has 1 aliphatic carbocycles. The van der Waals surface area contributed by atoms with Crippen LogP contribution in [-0.2, 0) is 11.3 Å². The van der Waals surface area contributed by atoms with Crippen LogP contribution in [0.2, 0.25) is 0 Å². The monoisotopic (exact) mass is 318 g/mol. The molecule has 0 saturated heterocycles. The molecule has 0 bridgehead atoms. The number of alkyl halides is 1. The minimum absolute atomic E-state index is 0.450. The first-order chi connectivity index (χ1) is 6.75. The van der Waals surface area contributed by atoms with Gasteiger partial charge in [0.2, 0.25) is 0 Å². The van der Waals surface area contributed by atoms with Crippen molar-refractivity contribution in [3.05, 3.63) is 34.3 Å². The average Bonchev–Trinajstić information content (AvgIpc) is 2.13. The fourth-order valence-electron chi connectivity index (χ4n) is 1.46. The van der Waals surface area contributed by atoms with E-state index in [1.807, 2.05) is 18.2 Å². The average molecular weight is 320 g/mol. The molecule has 1 aromatic carbocycles. The maximum atomic E-state index is 5.76. The zero-order valence-corrected chi connectivity index (χ0v) is 10.9. The molecule has 14 heavy (non-hydrogen) atoms. The highest BCUT2D eigenvalue weighted by molar-refractivity contribution is 9.10. The highest BCUT2D eigenvalue weighted by Crippen LogP contribution is 2.30. The molecule has 1 aliphatic rings. The number of halogens is 2. The molecule has 0 atom stereocenters. The second-order valence-electron chi connectivity index (χ2n) is 3.59. The van der Waals surface area contributed by atoms with Crippen LogP contribution in [-0.4, -0.2) is 10.9 Å². The summed E-state index contributed by atoms with van der Waals surface area (Å²) in [6.45, 7) is 0.714. The molecule has 1 fully saturated rings. The summed E-state index contributed by atoms with van der Waals surface area (Å²) in [7, 11) is 0. The predicted molar refractivity (Wildman–Crippen MR) is 64.7 cm³/mol. The van der Waals surface area contributed by atoms with E-state index in [-0.39, 0.29) is 0 Å². The molecule has 0 spiro atoms. The predicted octanol–water partition coefficient (Wildman–Crippen LogP) is 3.89. The third-order valence-electron chi connectivity index (χ3n) is 2.47. The van der Waals surface area contributed by atoms with E-state index in [0.717, 1.165) is 17.3 Å². The zero-order valence-electron chi connectivity index (χ0n) is 7.75. The molecular formula is C11H12Br2O. The molecule has 2 rings (SSSR count). The van der Waals surface area contributed by atoms with Gasteiger partial charge in [-0.3, -0.25) is 0 Å². The van der Waals surface area contributed by atoms with Crippen LogP contribution < -0.4 is 0 Å². The lowest BCUT2D eigenvalue weighted by molar-refractivity contribution is -0.00415. The lowest BCUT2D eigenvalue weighted by atomic mass is 9.96. The van der Waals surface area contributed by atoms with E-state index in [1.54, 1.807) is 0 Å². The van der Waals surface area contributed by atoms with Crippen LogP contribution in [0.25, 0.3) is 0 Å². The van der Waals surface area contributed by atoms with Gasteiger partial charge >= 0.3 is 0 Å². The molecule has 0 aliphatic heterocycles. The summed E-state index contributed by atoms with van der Waals surface area (Å²) >= 11 is 7.06. The summed E-state index contributed by atoms with van der Waals surface area (Å²) in [6.07, 6.45) is 2.74. The molecule has 3 heteroatoms. The van der Waals surface area contributed by atoms with Crippen LogP contribution in [0.1, 0.15) is 18.4 Å². The lowest BCUT2D eigenvalue weighted by Gasteiger charge is -2.31. The molecule has 1 aromatic rings. The van der Waals surface area contributed by atoms with Crippen molar-refractivity contribution in [3.8, 4) is 0 Å². The first kappa shape index (κ1) is 10.7. The van der Waals surface area contributed by atoms with Crippen LogP contribution in [0.4, 0.5) is 0 Å². The highest BCUT2D eigenvalue weighted by atomic mass is 79.9. The van der Waals surface area contributed by atoms with Gasteiger partial charge in [0.1, 0.15) is 0 Å². The quantitative estimate of drug-likeness (QED) is 0.768. The van der Waals surface area contributed by atoms with Gasteiger partial charge < -0.3 is 4.74 Å². The van der Waals surface area contributed by atoms with Gasteiger partial charge in [-0.1, -0.05) is 50.1 Å². The van der Waals surface area contributed by atoms with E-state index in [1.165, 1.54) is 5.56 Å². The van der Waals surface area contributed by atoms with Gasteiger partial charge in [0.15, 0.2) is 0 Å². The second-order valence-corrected chi connectivity index (χ2v) is 5.74. The summed E-state index contributed by atoms with van der Waals surface area (Å²) in [6, 6.07) is 8.20. The summed E-state index contributed by atoms with van der Waals surface area (Å²) in [4.78, 5) is 0.673. The van der Waals surface area contributed by atoms with E-state index in [4.69, 9.17) is 4.74 Å². The largest absolute Gasteiger partial charge is 0.373 e. The normalized spacial score (nSPS) is 25.9. The molecule has 0 radical (unpaired) electrons. The van der Waals surface area contributed by atoms with Gasteiger partial charge in [-0.05, 0) is 24.5 Å². The Morgan fingerprint density at radius 2 is 2.00 bits per heavy atom. The van der Waals surface area contributed by atoms with Gasteiger partial charge in [-0.15, -0.1) is 0 Å². The maximum Gasteiger partial charge on any atom is 0.0731 e. The van der Waals surface area contributed by atoms with Gasteiger partial charge in [0.05, 0.1) is 12.7 Å². The number of ether oxygens (including phenoxy) is 1. The SMILES string of the molecule is Brc1ccccc1COC1CC(Br)C1. The number of rotatable bonds is 3. The van der Waals surface area contributed by atoms with Gasteiger partial charge in [0.25, 0.3) is 0 Å². The summed E-state index contributed by atoms with van der Waals surface area (Å²) in [5, 5.41) is 0. The maximum absolute atomic E-state index is 5.76. The lowest BCUT2D eigenvalue weighted by Crippen LogP contribution is -2.31. The summed E-state index contributed by atoms with van der Waals surface area (Å²) in [5.74, 6) is 0. The van der Waals surface area contributed by atoms with Crippen LogP contribution in [0.3, 0.4) is 0 Å². The smallest absolute Gasteiger partial charge is 0.0731 e. The molecule has 0 amide bonds. The van der Waals surface area contributed by atoms with E-state index in [9.17, 15) is 0 Å². The van der Waals surface area contributed by atoms with Crippen LogP contribution in [0.15, 0.2) is 28.7 Å². The molecule has 1 nitrogen and oxygen atoms in total. The van der Waals surface area contributed by atoms with Gasteiger partial charge in [0, 0.05) is 9.30 Å². The van der Waals surface area contributed by atoms with E-state index in [0.29, 0.717) is 17.5 Å². The van der Waals surface area contributed by atoms with Crippen molar-refractivity contribution in [1.29, 1.82) is 0 Å². The van der Waals surface area contributed by atoms with Crippen molar-refractivity contribution in [2.45, 2.75) is 30.4 Å². The summed E-state index contributed by atoms with van der Waals surface area (Å²) < 4.78 is 6.89. The zero-order chi connectivity index (χ0) is 9.97. The van der Waals surface area contributed by atoms with Crippen molar-refractivity contribution in [2.24, 2.45) is 0 Å². The number of hydrogen-bond donors (Lipinski definition) is 0. The Morgan fingerprint density at radius 1 is 1.29 bits per heavy atom. The third-order valence-corrected chi connectivity index (χ3v) is 3.99. The number of benzene rings is 1. The van der Waals surface area contributed by atoms with Gasteiger partial charge in [-0.2, -0.15) is 0 Å². The van der Waals surface area contributed by atoms with Crippen molar-refractivity contribution in [2.75, 3.05) is 0 Å². The Bertz CT molecular complexity index is 308. The van der Waals surface area contributed by atoms with Crippen LogP contribution in [0.5, 0.6) is 0 Å². The van der Waals surface area contributed by atoms with Crippen molar-refractivity contribution < 1.29 is 4.74 Å². The van der Waals surface area contributed by atoms with Crippen LogP contribution >= 0.6 is 31.9 Å². The fourth-order valence-corrected chi connectivity index (χ4v) is 2.69. The highest BCUT2D eigenvalue weighted by Gasteiger charge is 2.27. The Balaban J connectivity index is 1.83. The third kappa shape index (κ3) is 2.59. The Hall–Kier alpha value is 0.140. The van der Waals surface area contributed by atoms with E-state index in [2.05, 4.69) is 37.9 Å². The fraction of sp³-hybridized carbons (Fsp3) is 0.455. The Morgan fingerprint density at radius 3 is 2.64 bits per heavy atom. The van der Waals surface area contributed by atoms with Crippen LogP contribution in [0, 0.1) is 0 Å². The number of hydrogen-bond acceptors (Lipinski definition) is 1. The Kier molecular flexibility index (Phi) is 3.63. The molecule has 0 heterocycles. The molecular weight excluding hydrogens is 308 g/mol. The minimum Gasteiger partial charge on any atom is -0.373 e. The van der Waals surface area contributed by atoms with Crippen molar-refractivity contribution in [3.63, 3.8) is 0 Å². The standard InChI is InChI=1S/C11H12Br2O/c12-9-5-10(6-9)14-7-8-3-1-2-4-11(8)13/h1-4,9-10H,5-7H2. The minimum atomic E-state index is 0.450. The van der Waals surface area contributed by atoms with E-state index < -0.39 is 0 Å². The van der Waals surface area contributed by atoms with E-state index >= 15 is 0 Å². The molecule has 0 unspecified atom stereocenters. The van der Waals surface area contributed by atoms with Gasteiger partial charge in [-0.25, -0.2) is 0 Å². The van der Waals surface area contributed by atoms with Crippen molar-refractivity contribution in [1.82, 2.24) is 0 Å². The second kappa shape index (κ2) is 4.77. The summed E-state index contributed by atoms with van der Waals surface area (Å²) in [5.41, 5.74) is 1.23. The molecule has 0 N–H and O–H groups in total. The molecule has 0 aromatic heterocycles. The molecule has 76 valence electrons. The topological polar surface area (TPSA) is 9.23 Å².